The van der Waals surface area contributed by atoms with E-state index in [4.69, 9.17) is 4.74 Å². The SMILES string of the molecule is CCC(CC)N1CCOCC1CC. The van der Waals surface area contributed by atoms with Crippen LogP contribution in [0.2, 0.25) is 0 Å². The summed E-state index contributed by atoms with van der Waals surface area (Å²) < 4.78 is 5.50. The Morgan fingerprint density at radius 1 is 1.31 bits per heavy atom. The molecule has 0 N–H and O–H groups in total. The molecule has 0 aromatic heterocycles. The molecular formula is C11H23NO. The van der Waals surface area contributed by atoms with Gasteiger partial charge in [-0.25, -0.2) is 0 Å². The lowest BCUT2D eigenvalue weighted by Crippen LogP contribution is -2.50. The summed E-state index contributed by atoms with van der Waals surface area (Å²) in [5.41, 5.74) is 0. The van der Waals surface area contributed by atoms with Crippen LogP contribution in [0.5, 0.6) is 0 Å². The second kappa shape index (κ2) is 5.61. The fraction of sp³-hybridized carbons (Fsp3) is 1.00. The minimum Gasteiger partial charge on any atom is -0.378 e. The molecule has 0 aromatic rings. The molecule has 1 saturated heterocycles. The Morgan fingerprint density at radius 2 is 2.00 bits per heavy atom. The predicted octanol–water partition coefficient (Wildman–Crippen LogP) is 2.29. The molecule has 78 valence electrons. The van der Waals surface area contributed by atoms with Crippen LogP contribution < -0.4 is 0 Å². The van der Waals surface area contributed by atoms with Crippen molar-refractivity contribution in [1.82, 2.24) is 4.90 Å². The van der Waals surface area contributed by atoms with Crippen molar-refractivity contribution in [3.8, 4) is 0 Å². The molecule has 0 aliphatic carbocycles. The van der Waals surface area contributed by atoms with E-state index in [2.05, 4.69) is 25.7 Å². The van der Waals surface area contributed by atoms with Crippen molar-refractivity contribution in [2.24, 2.45) is 0 Å². The van der Waals surface area contributed by atoms with Gasteiger partial charge in [0.1, 0.15) is 0 Å². The number of rotatable bonds is 4. The molecule has 0 saturated carbocycles. The minimum absolute atomic E-state index is 0.665. The van der Waals surface area contributed by atoms with E-state index in [0.717, 1.165) is 25.8 Å². The third-order valence-electron chi connectivity index (χ3n) is 3.16. The molecule has 1 unspecified atom stereocenters. The zero-order valence-electron chi connectivity index (χ0n) is 9.25. The van der Waals surface area contributed by atoms with E-state index >= 15 is 0 Å². The van der Waals surface area contributed by atoms with Crippen molar-refractivity contribution in [2.75, 3.05) is 19.8 Å². The Morgan fingerprint density at radius 3 is 2.54 bits per heavy atom. The Kier molecular flexibility index (Phi) is 4.74. The topological polar surface area (TPSA) is 12.5 Å². The van der Waals surface area contributed by atoms with Crippen LogP contribution in [0.3, 0.4) is 0 Å². The lowest BCUT2D eigenvalue weighted by molar-refractivity contribution is -0.0315. The summed E-state index contributed by atoms with van der Waals surface area (Å²) in [6, 6.07) is 1.44. The Balaban J connectivity index is 2.51. The molecule has 2 nitrogen and oxygen atoms in total. The van der Waals surface area contributed by atoms with Crippen LogP contribution >= 0.6 is 0 Å². The molecule has 1 aliphatic heterocycles. The average Bonchev–Trinajstić information content (AvgIpc) is 2.20. The molecule has 0 bridgehead atoms. The van der Waals surface area contributed by atoms with E-state index in [1.54, 1.807) is 0 Å². The lowest BCUT2D eigenvalue weighted by atomic mass is 10.1. The van der Waals surface area contributed by atoms with Gasteiger partial charge < -0.3 is 4.74 Å². The van der Waals surface area contributed by atoms with Crippen LogP contribution in [0.25, 0.3) is 0 Å². The number of nitrogens with zero attached hydrogens (tertiary/aromatic N) is 1. The van der Waals surface area contributed by atoms with Crippen LogP contribution in [0.4, 0.5) is 0 Å². The third-order valence-corrected chi connectivity index (χ3v) is 3.16. The first-order valence-corrected chi connectivity index (χ1v) is 5.66. The van der Waals surface area contributed by atoms with Gasteiger partial charge in [-0.05, 0) is 19.3 Å². The van der Waals surface area contributed by atoms with Crippen molar-refractivity contribution in [3.05, 3.63) is 0 Å². The highest BCUT2D eigenvalue weighted by atomic mass is 16.5. The van der Waals surface area contributed by atoms with Crippen molar-refractivity contribution >= 4 is 0 Å². The summed E-state index contributed by atoms with van der Waals surface area (Å²) in [5.74, 6) is 0. The van der Waals surface area contributed by atoms with Gasteiger partial charge in [0.2, 0.25) is 0 Å². The van der Waals surface area contributed by atoms with E-state index in [0.29, 0.717) is 6.04 Å². The first-order valence-electron chi connectivity index (χ1n) is 5.66. The molecular weight excluding hydrogens is 162 g/mol. The fourth-order valence-electron chi connectivity index (χ4n) is 2.26. The van der Waals surface area contributed by atoms with E-state index in [1.165, 1.54) is 19.3 Å². The van der Waals surface area contributed by atoms with Gasteiger partial charge in [-0.2, -0.15) is 0 Å². The van der Waals surface area contributed by atoms with Gasteiger partial charge in [0.05, 0.1) is 13.2 Å². The molecule has 0 aromatic carbocycles. The highest BCUT2D eigenvalue weighted by Gasteiger charge is 2.25. The number of hydrogen-bond donors (Lipinski definition) is 0. The van der Waals surface area contributed by atoms with Gasteiger partial charge in [0, 0.05) is 18.6 Å². The molecule has 1 rings (SSSR count). The van der Waals surface area contributed by atoms with Crippen LogP contribution in [0, 0.1) is 0 Å². The molecule has 0 radical (unpaired) electrons. The van der Waals surface area contributed by atoms with Gasteiger partial charge in [0.25, 0.3) is 0 Å². The van der Waals surface area contributed by atoms with Crippen LogP contribution in [0.1, 0.15) is 40.0 Å². The average molecular weight is 185 g/mol. The zero-order valence-corrected chi connectivity index (χ0v) is 9.25. The Hall–Kier alpha value is -0.0800. The number of ether oxygens (including phenoxy) is 1. The highest BCUT2D eigenvalue weighted by molar-refractivity contribution is 4.79. The minimum atomic E-state index is 0.665. The molecule has 1 aliphatic rings. The highest BCUT2D eigenvalue weighted by Crippen LogP contribution is 2.17. The fourth-order valence-corrected chi connectivity index (χ4v) is 2.26. The molecule has 0 spiro atoms. The summed E-state index contributed by atoms with van der Waals surface area (Å²) in [5, 5.41) is 0. The molecule has 1 atom stereocenters. The summed E-state index contributed by atoms with van der Waals surface area (Å²) in [7, 11) is 0. The summed E-state index contributed by atoms with van der Waals surface area (Å²) in [4.78, 5) is 2.64. The lowest BCUT2D eigenvalue weighted by Gasteiger charge is -2.40. The predicted molar refractivity (Wildman–Crippen MR) is 56.0 cm³/mol. The van der Waals surface area contributed by atoms with Gasteiger partial charge in [-0.15, -0.1) is 0 Å². The summed E-state index contributed by atoms with van der Waals surface area (Å²) in [6.45, 7) is 9.83. The number of morpholine rings is 1. The number of hydrogen-bond acceptors (Lipinski definition) is 2. The van der Waals surface area contributed by atoms with Crippen molar-refractivity contribution in [1.29, 1.82) is 0 Å². The monoisotopic (exact) mass is 185 g/mol. The van der Waals surface area contributed by atoms with Crippen molar-refractivity contribution in [3.63, 3.8) is 0 Å². The Bertz CT molecular complexity index is 127. The first kappa shape index (κ1) is 11.0. The molecule has 1 heterocycles. The van der Waals surface area contributed by atoms with Crippen LogP contribution in [-0.2, 0) is 4.74 Å². The first-order chi connectivity index (χ1) is 6.33. The third kappa shape index (κ3) is 2.68. The maximum absolute atomic E-state index is 5.50. The summed E-state index contributed by atoms with van der Waals surface area (Å²) in [6.07, 6.45) is 3.76. The van der Waals surface area contributed by atoms with Gasteiger partial charge >= 0.3 is 0 Å². The molecule has 13 heavy (non-hydrogen) atoms. The van der Waals surface area contributed by atoms with Crippen molar-refractivity contribution < 1.29 is 4.74 Å². The standard InChI is InChI=1S/C11H23NO/c1-4-10(5-2)12-7-8-13-9-11(12)6-3/h10-11H,4-9H2,1-3H3. The molecule has 1 fully saturated rings. The van der Waals surface area contributed by atoms with Gasteiger partial charge in [-0.3, -0.25) is 4.90 Å². The normalized spacial score (nSPS) is 25.4. The maximum atomic E-state index is 5.50. The smallest absolute Gasteiger partial charge is 0.0622 e. The quantitative estimate of drug-likeness (QED) is 0.666. The van der Waals surface area contributed by atoms with Crippen LogP contribution in [0.15, 0.2) is 0 Å². The summed E-state index contributed by atoms with van der Waals surface area (Å²) >= 11 is 0. The Labute approximate surface area is 82.3 Å². The van der Waals surface area contributed by atoms with E-state index < -0.39 is 0 Å². The largest absolute Gasteiger partial charge is 0.378 e. The molecule has 0 amide bonds. The van der Waals surface area contributed by atoms with E-state index in [1.807, 2.05) is 0 Å². The maximum Gasteiger partial charge on any atom is 0.0622 e. The molecule has 2 heteroatoms. The van der Waals surface area contributed by atoms with E-state index in [-0.39, 0.29) is 0 Å². The van der Waals surface area contributed by atoms with E-state index in [9.17, 15) is 0 Å². The zero-order chi connectivity index (χ0) is 9.68. The van der Waals surface area contributed by atoms with Gasteiger partial charge in [0.15, 0.2) is 0 Å². The second-order valence-corrected chi connectivity index (χ2v) is 3.85. The van der Waals surface area contributed by atoms with Crippen LogP contribution in [-0.4, -0.2) is 36.7 Å². The second-order valence-electron chi connectivity index (χ2n) is 3.85. The van der Waals surface area contributed by atoms with Crippen molar-refractivity contribution in [2.45, 2.75) is 52.1 Å². The van der Waals surface area contributed by atoms with Gasteiger partial charge in [-0.1, -0.05) is 20.8 Å².